The Balaban J connectivity index is 2.63. The van der Waals surface area contributed by atoms with E-state index < -0.39 is 36.6 Å². The summed E-state index contributed by atoms with van der Waals surface area (Å²) in [6.07, 6.45) is -4.89. The third kappa shape index (κ3) is 1.71. The topological polar surface area (TPSA) is 90.2 Å². The molecule has 0 aromatic carbocycles. The second-order valence-corrected chi connectivity index (χ2v) is 3.18. The molecule has 72 valence electrons. The first kappa shape index (κ1) is 10.2. The average molecular weight is 199 g/mol. The molecule has 12 heavy (non-hydrogen) atoms. The molecule has 6 heteroatoms. The van der Waals surface area contributed by atoms with Crippen LogP contribution in [0.4, 0.5) is 0 Å². The number of ether oxygens (including phenoxy) is 1. The van der Waals surface area contributed by atoms with Crippen LogP contribution in [0, 0.1) is 0 Å². The summed E-state index contributed by atoms with van der Waals surface area (Å²) in [5.74, 6) is 0. The van der Waals surface area contributed by atoms with Crippen molar-refractivity contribution in [2.45, 2.75) is 30.0 Å². The fraction of sp³-hybridized carbons (Fsp3) is 1.00. The first-order valence-electron chi connectivity index (χ1n) is 3.52. The Labute approximate surface area is 74.2 Å². The van der Waals surface area contributed by atoms with Gasteiger partial charge in [-0.25, -0.2) is 0 Å². The molecule has 0 aromatic heterocycles. The van der Waals surface area contributed by atoms with Gasteiger partial charge >= 0.3 is 0 Å². The van der Waals surface area contributed by atoms with E-state index in [9.17, 15) is 10.2 Å². The Hall–Kier alpha value is 0.0900. The van der Waals surface area contributed by atoms with Crippen molar-refractivity contribution in [1.82, 2.24) is 0 Å². The molecule has 1 heterocycles. The van der Waals surface area contributed by atoms with Gasteiger partial charge < -0.3 is 25.2 Å². The molecule has 1 fully saturated rings. The van der Waals surface area contributed by atoms with Gasteiger partial charge in [0.25, 0.3) is 0 Å². The highest BCUT2D eigenvalue weighted by Crippen LogP contribution is 2.23. The van der Waals surface area contributed by atoms with Crippen LogP contribution in [0.25, 0.3) is 0 Å². The van der Waals surface area contributed by atoms with Crippen LogP contribution in [0.5, 0.6) is 0 Å². The van der Waals surface area contributed by atoms with Gasteiger partial charge in [0.2, 0.25) is 0 Å². The van der Waals surface area contributed by atoms with Crippen LogP contribution in [0.2, 0.25) is 0 Å². The Morgan fingerprint density at radius 3 is 2.25 bits per heavy atom. The molecule has 1 rings (SSSR count). The van der Waals surface area contributed by atoms with Gasteiger partial charge in [-0.2, -0.15) is 0 Å². The normalized spacial score (nSPS) is 49.2. The number of halogens is 1. The lowest BCUT2D eigenvalue weighted by Gasteiger charge is -2.37. The molecular formula is C6H11ClO5. The molecule has 0 radical (unpaired) electrons. The van der Waals surface area contributed by atoms with Gasteiger partial charge in [0.1, 0.15) is 23.7 Å². The van der Waals surface area contributed by atoms with Crippen molar-refractivity contribution < 1.29 is 25.2 Å². The summed E-state index contributed by atoms with van der Waals surface area (Å²) in [7, 11) is 0. The molecular weight excluding hydrogens is 188 g/mol. The van der Waals surface area contributed by atoms with E-state index in [0.29, 0.717) is 0 Å². The number of hydrogen-bond donors (Lipinski definition) is 4. The minimum absolute atomic E-state index is 0.473. The molecule has 0 bridgehead atoms. The highest BCUT2D eigenvalue weighted by molar-refractivity contribution is 6.21. The molecule has 1 aliphatic heterocycles. The highest BCUT2D eigenvalue weighted by atomic mass is 35.5. The Morgan fingerprint density at radius 2 is 1.75 bits per heavy atom. The van der Waals surface area contributed by atoms with Gasteiger partial charge in [-0.1, -0.05) is 0 Å². The Morgan fingerprint density at radius 1 is 1.17 bits per heavy atom. The third-order valence-electron chi connectivity index (χ3n) is 1.82. The van der Waals surface area contributed by atoms with E-state index in [1.54, 1.807) is 0 Å². The number of aliphatic hydroxyl groups excluding tert-OH is 4. The fourth-order valence-corrected chi connectivity index (χ4v) is 1.27. The van der Waals surface area contributed by atoms with Gasteiger partial charge in [0, 0.05) is 0 Å². The lowest BCUT2D eigenvalue weighted by Crippen LogP contribution is -2.56. The number of aliphatic hydroxyl groups is 4. The number of hydrogen-bond acceptors (Lipinski definition) is 5. The van der Waals surface area contributed by atoms with Crippen LogP contribution in [0.15, 0.2) is 0 Å². The van der Waals surface area contributed by atoms with E-state index in [-0.39, 0.29) is 0 Å². The van der Waals surface area contributed by atoms with E-state index in [0.717, 1.165) is 0 Å². The zero-order chi connectivity index (χ0) is 9.30. The van der Waals surface area contributed by atoms with Gasteiger partial charge in [0.15, 0.2) is 6.29 Å². The second-order valence-electron chi connectivity index (χ2n) is 2.67. The molecule has 1 aliphatic rings. The SMILES string of the molecule is OC[C@H]1O[C@H](O)[C@H](Cl)[C@@H](O)[C@H]1O. The van der Waals surface area contributed by atoms with Crippen molar-refractivity contribution >= 4 is 11.6 Å². The minimum Gasteiger partial charge on any atom is -0.394 e. The lowest BCUT2D eigenvalue weighted by molar-refractivity contribution is -0.236. The zero-order valence-electron chi connectivity index (χ0n) is 6.17. The summed E-state index contributed by atoms with van der Waals surface area (Å²) in [6.45, 7) is -0.473. The van der Waals surface area contributed by atoms with Crippen LogP contribution >= 0.6 is 11.6 Å². The summed E-state index contributed by atoms with van der Waals surface area (Å²) >= 11 is 5.47. The summed E-state index contributed by atoms with van der Waals surface area (Å²) < 4.78 is 4.69. The molecule has 5 atom stereocenters. The number of alkyl halides is 1. The number of rotatable bonds is 1. The van der Waals surface area contributed by atoms with Gasteiger partial charge in [-0.15, -0.1) is 11.6 Å². The highest BCUT2D eigenvalue weighted by Gasteiger charge is 2.42. The summed E-state index contributed by atoms with van der Waals surface area (Å²) in [6, 6.07) is 0. The zero-order valence-corrected chi connectivity index (χ0v) is 6.92. The van der Waals surface area contributed by atoms with Crippen molar-refractivity contribution in [2.24, 2.45) is 0 Å². The second kappa shape index (κ2) is 3.87. The molecule has 0 amide bonds. The maximum Gasteiger partial charge on any atom is 0.174 e. The summed E-state index contributed by atoms with van der Waals surface area (Å²) in [5.41, 5.74) is 0. The van der Waals surface area contributed by atoms with Crippen LogP contribution < -0.4 is 0 Å². The molecule has 0 aliphatic carbocycles. The quantitative estimate of drug-likeness (QED) is 0.367. The molecule has 4 N–H and O–H groups in total. The molecule has 5 nitrogen and oxygen atoms in total. The first-order valence-corrected chi connectivity index (χ1v) is 3.96. The van der Waals surface area contributed by atoms with Crippen LogP contribution in [0.3, 0.4) is 0 Å². The van der Waals surface area contributed by atoms with Crippen molar-refractivity contribution in [3.8, 4) is 0 Å². The summed E-state index contributed by atoms with van der Waals surface area (Å²) in [5, 5.41) is 35.0. The van der Waals surface area contributed by atoms with Gasteiger partial charge in [-0.05, 0) is 0 Å². The van der Waals surface area contributed by atoms with E-state index in [4.69, 9.17) is 26.6 Å². The minimum atomic E-state index is -1.36. The van der Waals surface area contributed by atoms with Crippen molar-refractivity contribution in [1.29, 1.82) is 0 Å². The maximum atomic E-state index is 9.20. The summed E-state index contributed by atoms with van der Waals surface area (Å²) in [4.78, 5) is 0. The standard InChI is InChI=1S/C6H11ClO5/c7-3-5(10)4(9)2(1-8)12-6(3)11/h2-6,8-11H,1H2/t2-,3-,4+,5-,6+/m1/s1. The fourth-order valence-electron chi connectivity index (χ4n) is 1.06. The largest absolute Gasteiger partial charge is 0.394 e. The first-order chi connectivity index (χ1) is 5.57. The van der Waals surface area contributed by atoms with Crippen LogP contribution in [0.1, 0.15) is 0 Å². The van der Waals surface area contributed by atoms with E-state index >= 15 is 0 Å². The van der Waals surface area contributed by atoms with Crippen LogP contribution in [-0.2, 0) is 4.74 Å². The van der Waals surface area contributed by atoms with Crippen LogP contribution in [-0.4, -0.2) is 57.0 Å². The molecule has 0 spiro atoms. The predicted molar refractivity (Wildman–Crippen MR) is 39.6 cm³/mol. The smallest absolute Gasteiger partial charge is 0.174 e. The average Bonchev–Trinajstić information content (AvgIpc) is 2.08. The Kier molecular flexibility index (Phi) is 3.28. The van der Waals surface area contributed by atoms with E-state index in [1.807, 2.05) is 0 Å². The predicted octanol–water partition coefficient (Wildman–Crippen LogP) is -1.97. The van der Waals surface area contributed by atoms with E-state index in [2.05, 4.69) is 0 Å². The van der Waals surface area contributed by atoms with Crippen molar-refractivity contribution in [2.75, 3.05) is 6.61 Å². The lowest BCUT2D eigenvalue weighted by atomic mass is 10.0. The van der Waals surface area contributed by atoms with Gasteiger partial charge in [-0.3, -0.25) is 0 Å². The van der Waals surface area contributed by atoms with Crippen molar-refractivity contribution in [3.63, 3.8) is 0 Å². The molecule has 0 aromatic rings. The monoisotopic (exact) mass is 198 g/mol. The van der Waals surface area contributed by atoms with Crippen molar-refractivity contribution in [3.05, 3.63) is 0 Å². The van der Waals surface area contributed by atoms with E-state index in [1.165, 1.54) is 0 Å². The Bertz CT molecular complexity index is 150. The molecule has 0 saturated carbocycles. The molecule has 0 unspecified atom stereocenters. The maximum absolute atomic E-state index is 9.20. The van der Waals surface area contributed by atoms with Gasteiger partial charge in [0.05, 0.1) is 6.61 Å². The molecule has 1 saturated heterocycles. The third-order valence-corrected chi connectivity index (χ3v) is 2.30.